The maximum atomic E-state index is 3.38. The summed E-state index contributed by atoms with van der Waals surface area (Å²) in [5, 5.41) is 0. The van der Waals surface area contributed by atoms with Crippen molar-refractivity contribution < 1.29 is 1.43 Å². The lowest BCUT2D eigenvalue weighted by Gasteiger charge is -2.37. The van der Waals surface area contributed by atoms with E-state index < -0.39 is 0 Å². The highest BCUT2D eigenvalue weighted by atomic mass is 14.3. The number of hydrogen-bond acceptors (Lipinski definition) is 0. The average Bonchev–Trinajstić information content (AvgIpc) is 2.41. The van der Waals surface area contributed by atoms with E-state index in [4.69, 9.17) is 0 Å². The van der Waals surface area contributed by atoms with Crippen LogP contribution in [0.5, 0.6) is 0 Å². The van der Waals surface area contributed by atoms with Crippen LogP contribution in [0.4, 0.5) is 0 Å². The fraction of sp³-hybridized carbons (Fsp3) is 0.889. The molecular weight excluding hydrogens is 216 g/mol. The molecule has 0 unspecified atom stereocenters. The lowest BCUT2D eigenvalue weighted by molar-refractivity contribution is 0.154. The van der Waals surface area contributed by atoms with Gasteiger partial charge in [0, 0.05) is 7.34 Å². The average molecular weight is 248 g/mol. The van der Waals surface area contributed by atoms with Crippen LogP contribution in [-0.4, -0.2) is 0 Å². The molecule has 2 aliphatic rings. The van der Waals surface area contributed by atoms with Crippen molar-refractivity contribution in [1.29, 1.82) is 0 Å². The summed E-state index contributed by atoms with van der Waals surface area (Å²) < 4.78 is 0. The molecule has 0 aromatic carbocycles. The smallest absolute Gasteiger partial charge is 0.0203 e. The Hall–Kier alpha value is -0.440. The van der Waals surface area contributed by atoms with Crippen LogP contribution < -0.4 is 0 Å². The zero-order chi connectivity index (χ0) is 12.8. The van der Waals surface area contributed by atoms with E-state index >= 15 is 0 Å². The van der Waals surface area contributed by atoms with Crippen LogP contribution in [0.15, 0.2) is 0 Å². The minimum absolute atomic E-state index is 0. The molecule has 0 spiro atoms. The van der Waals surface area contributed by atoms with Crippen molar-refractivity contribution >= 4 is 0 Å². The molecule has 2 saturated carbocycles. The predicted octanol–water partition coefficient (Wildman–Crippen LogP) is 5.67. The van der Waals surface area contributed by atoms with Gasteiger partial charge in [-0.3, -0.25) is 0 Å². The van der Waals surface area contributed by atoms with Crippen LogP contribution in [0.1, 0.15) is 79.5 Å². The zero-order valence-electron chi connectivity index (χ0n) is 12.4. The molecule has 0 heteroatoms. The number of hydrogen-bond donors (Lipinski definition) is 0. The van der Waals surface area contributed by atoms with Crippen molar-refractivity contribution in [3.05, 3.63) is 0 Å². The summed E-state index contributed by atoms with van der Waals surface area (Å²) in [4.78, 5) is 0. The Bertz CT molecular complexity index is 283. The van der Waals surface area contributed by atoms with E-state index in [9.17, 15) is 0 Å². The summed E-state index contributed by atoms with van der Waals surface area (Å²) in [6.07, 6.45) is 14.6. The first-order valence-corrected chi connectivity index (χ1v) is 8.25. The van der Waals surface area contributed by atoms with Crippen molar-refractivity contribution in [2.45, 2.75) is 78.1 Å². The van der Waals surface area contributed by atoms with Crippen molar-refractivity contribution in [3.8, 4) is 11.8 Å². The van der Waals surface area contributed by atoms with E-state index in [-0.39, 0.29) is 1.43 Å². The van der Waals surface area contributed by atoms with Crippen LogP contribution in [-0.2, 0) is 0 Å². The predicted molar refractivity (Wildman–Crippen MR) is 81.4 cm³/mol. The van der Waals surface area contributed by atoms with Crippen molar-refractivity contribution in [2.75, 3.05) is 0 Å². The Kier molecular flexibility index (Phi) is 5.61. The molecule has 0 aliphatic heterocycles. The summed E-state index contributed by atoms with van der Waals surface area (Å²) in [6, 6.07) is 0. The molecule has 0 N–H and O–H groups in total. The van der Waals surface area contributed by atoms with Gasteiger partial charge in [-0.25, -0.2) is 0 Å². The topological polar surface area (TPSA) is 0 Å². The van der Waals surface area contributed by atoms with Gasteiger partial charge in [0.1, 0.15) is 0 Å². The van der Waals surface area contributed by atoms with Gasteiger partial charge in [0.25, 0.3) is 0 Å². The molecule has 2 rings (SSSR count). The Morgan fingerprint density at radius 1 is 0.889 bits per heavy atom. The first-order valence-electron chi connectivity index (χ1n) is 8.25. The molecule has 2 fully saturated rings. The van der Waals surface area contributed by atoms with E-state index in [1.807, 2.05) is 6.92 Å². The third kappa shape index (κ3) is 3.78. The molecule has 0 atom stereocenters. The molecule has 0 radical (unpaired) electrons. The molecule has 0 aromatic heterocycles. The van der Waals surface area contributed by atoms with Crippen molar-refractivity contribution in [1.82, 2.24) is 0 Å². The third-order valence-electron chi connectivity index (χ3n) is 5.38. The Labute approximate surface area is 115 Å². The van der Waals surface area contributed by atoms with E-state index in [0.717, 1.165) is 23.7 Å². The summed E-state index contributed by atoms with van der Waals surface area (Å²) in [6.45, 7) is 4.32. The number of rotatable bonds is 3. The molecule has 0 nitrogen and oxygen atoms in total. The van der Waals surface area contributed by atoms with Crippen molar-refractivity contribution in [3.63, 3.8) is 0 Å². The second kappa shape index (κ2) is 7.22. The maximum Gasteiger partial charge on any atom is 0.0203 e. The standard InChI is InChI=1S/C18H30.H2/c1-3-5-15-7-11-17(12-8-15)18-13-9-16(6-4-2)10-14-18;/h15-18H,3,5,7-14H2,1-2H3;1H. The second-order valence-corrected chi connectivity index (χ2v) is 6.58. The quantitative estimate of drug-likeness (QED) is 0.565. The highest BCUT2D eigenvalue weighted by Gasteiger charge is 2.30. The molecule has 0 aromatic rings. The van der Waals surface area contributed by atoms with Crippen molar-refractivity contribution in [2.24, 2.45) is 23.7 Å². The van der Waals surface area contributed by atoms with E-state index in [1.54, 1.807) is 0 Å². The Morgan fingerprint density at radius 2 is 1.44 bits per heavy atom. The molecule has 0 bridgehead atoms. The van der Waals surface area contributed by atoms with Gasteiger partial charge in [-0.05, 0) is 63.2 Å². The van der Waals surface area contributed by atoms with Gasteiger partial charge in [0.2, 0.25) is 0 Å². The van der Waals surface area contributed by atoms with Gasteiger partial charge >= 0.3 is 0 Å². The molecule has 18 heavy (non-hydrogen) atoms. The van der Waals surface area contributed by atoms with Gasteiger partial charge in [-0.15, -0.1) is 11.8 Å². The third-order valence-corrected chi connectivity index (χ3v) is 5.38. The molecule has 2 aliphatic carbocycles. The summed E-state index contributed by atoms with van der Waals surface area (Å²) in [7, 11) is 0. The van der Waals surface area contributed by atoms with Crippen LogP contribution in [0.3, 0.4) is 0 Å². The van der Waals surface area contributed by atoms with Gasteiger partial charge in [0.05, 0.1) is 0 Å². The summed E-state index contributed by atoms with van der Waals surface area (Å²) in [5.74, 6) is 10.4. The van der Waals surface area contributed by atoms with Crippen LogP contribution in [0, 0.1) is 35.5 Å². The largest absolute Gasteiger partial charge is 0.106 e. The molecule has 0 amide bonds. The SMILES string of the molecule is CC#CC1CCC(C2CCC(CCC)CC2)CC1.[HH]. The highest BCUT2D eigenvalue weighted by molar-refractivity contribution is 5.02. The maximum absolute atomic E-state index is 3.38. The van der Waals surface area contributed by atoms with Gasteiger partial charge < -0.3 is 0 Å². The lowest BCUT2D eigenvalue weighted by atomic mass is 9.69. The van der Waals surface area contributed by atoms with E-state index in [0.29, 0.717) is 0 Å². The normalized spacial score (nSPS) is 36.8. The minimum Gasteiger partial charge on any atom is -0.106 e. The van der Waals surface area contributed by atoms with Crippen LogP contribution in [0.2, 0.25) is 0 Å². The molecular formula is C18H32. The van der Waals surface area contributed by atoms with Gasteiger partial charge in [-0.2, -0.15) is 0 Å². The second-order valence-electron chi connectivity index (χ2n) is 6.58. The first kappa shape index (κ1) is 14.0. The van der Waals surface area contributed by atoms with Gasteiger partial charge in [-0.1, -0.05) is 32.6 Å². The Balaban J connectivity index is 0.00000180. The van der Waals surface area contributed by atoms with E-state index in [2.05, 4.69) is 18.8 Å². The van der Waals surface area contributed by atoms with Crippen LogP contribution in [0.25, 0.3) is 0 Å². The highest BCUT2D eigenvalue weighted by Crippen LogP contribution is 2.41. The zero-order valence-corrected chi connectivity index (χ0v) is 12.4. The monoisotopic (exact) mass is 248 g/mol. The van der Waals surface area contributed by atoms with E-state index in [1.165, 1.54) is 64.2 Å². The molecule has 104 valence electrons. The fourth-order valence-corrected chi connectivity index (χ4v) is 4.30. The summed E-state index contributed by atoms with van der Waals surface area (Å²) >= 11 is 0. The molecule has 0 saturated heterocycles. The summed E-state index contributed by atoms with van der Waals surface area (Å²) in [5.41, 5.74) is 0. The lowest BCUT2D eigenvalue weighted by Crippen LogP contribution is -2.25. The Morgan fingerprint density at radius 3 is 1.94 bits per heavy atom. The fourth-order valence-electron chi connectivity index (χ4n) is 4.30. The van der Waals surface area contributed by atoms with Crippen LogP contribution >= 0.6 is 0 Å². The minimum atomic E-state index is 0. The first-order chi connectivity index (χ1) is 8.83. The van der Waals surface area contributed by atoms with Gasteiger partial charge in [0.15, 0.2) is 0 Å². The molecule has 0 heterocycles.